The second-order valence-corrected chi connectivity index (χ2v) is 6.62. The van der Waals surface area contributed by atoms with Crippen LogP contribution in [-0.2, 0) is 4.79 Å². The van der Waals surface area contributed by atoms with E-state index >= 15 is 0 Å². The standard InChI is InChI=1S/C19H18N4O5S/c1-26-14-8-7-11(9-15(14)27-2)18-22-23-19(28-18)29-10-16(24)21-13-6-4-3-5-12(13)17(20)25/h3-9H,10H2,1-2H3,(H2,20,25)(H,21,24). The third-order valence-electron chi connectivity index (χ3n) is 3.83. The molecule has 0 radical (unpaired) electrons. The maximum atomic E-state index is 12.2. The highest BCUT2D eigenvalue weighted by Crippen LogP contribution is 2.32. The lowest BCUT2D eigenvalue weighted by Gasteiger charge is -2.08. The van der Waals surface area contributed by atoms with E-state index in [0.717, 1.165) is 11.8 Å². The zero-order valence-corrected chi connectivity index (χ0v) is 16.5. The number of nitrogens with one attached hydrogen (secondary N) is 1. The van der Waals surface area contributed by atoms with E-state index in [9.17, 15) is 9.59 Å². The van der Waals surface area contributed by atoms with Crippen LogP contribution in [0.5, 0.6) is 11.5 Å². The lowest BCUT2D eigenvalue weighted by atomic mass is 10.1. The molecule has 3 rings (SSSR count). The number of benzene rings is 2. The summed E-state index contributed by atoms with van der Waals surface area (Å²) in [4.78, 5) is 23.6. The second-order valence-electron chi connectivity index (χ2n) is 5.69. The minimum Gasteiger partial charge on any atom is -0.493 e. The number of carbonyl (C=O) groups is 2. The van der Waals surface area contributed by atoms with Gasteiger partial charge in [0.25, 0.3) is 11.1 Å². The molecule has 1 heterocycles. The van der Waals surface area contributed by atoms with Crippen LogP contribution in [0, 0.1) is 0 Å². The van der Waals surface area contributed by atoms with E-state index in [4.69, 9.17) is 19.6 Å². The van der Waals surface area contributed by atoms with Crippen molar-refractivity contribution in [2.24, 2.45) is 5.73 Å². The fourth-order valence-corrected chi connectivity index (χ4v) is 3.04. The molecule has 29 heavy (non-hydrogen) atoms. The van der Waals surface area contributed by atoms with Gasteiger partial charge in [0.15, 0.2) is 11.5 Å². The van der Waals surface area contributed by atoms with Gasteiger partial charge in [-0.1, -0.05) is 23.9 Å². The van der Waals surface area contributed by atoms with Gasteiger partial charge < -0.3 is 24.9 Å². The first-order valence-electron chi connectivity index (χ1n) is 8.39. The lowest BCUT2D eigenvalue weighted by molar-refractivity contribution is -0.113. The molecule has 10 heteroatoms. The molecule has 3 N–H and O–H groups in total. The Morgan fingerprint density at radius 3 is 2.59 bits per heavy atom. The zero-order chi connectivity index (χ0) is 20.8. The van der Waals surface area contributed by atoms with Crippen molar-refractivity contribution in [3.8, 4) is 23.0 Å². The Bertz CT molecular complexity index is 1040. The van der Waals surface area contributed by atoms with Crippen LogP contribution in [0.3, 0.4) is 0 Å². The molecule has 3 aromatic rings. The molecule has 0 bridgehead atoms. The fourth-order valence-electron chi connectivity index (χ4n) is 2.47. The van der Waals surface area contributed by atoms with Gasteiger partial charge >= 0.3 is 0 Å². The van der Waals surface area contributed by atoms with E-state index < -0.39 is 5.91 Å². The number of carbonyl (C=O) groups excluding carboxylic acids is 2. The van der Waals surface area contributed by atoms with E-state index in [1.807, 2.05) is 0 Å². The number of para-hydroxylation sites is 1. The average Bonchev–Trinajstić information content (AvgIpc) is 3.21. The minimum atomic E-state index is -0.620. The molecule has 1 aromatic heterocycles. The summed E-state index contributed by atoms with van der Waals surface area (Å²) < 4.78 is 16.1. The molecule has 0 aliphatic rings. The topological polar surface area (TPSA) is 130 Å². The van der Waals surface area contributed by atoms with Gasteiger partial charge in [0, 0.05) is 5.56 Å². The number of hydrogen-bond donors (Lipinski definition) is 2. The summed E-state index contributed by atoms with van der Waals surface area (Å²) in [5, 5.41) is 10.8. The Labute approximate surface area is 170 Å². The van der Waals surface area contributed by atoms with Crippen molar-refractivity contribution in [1.82, 2.24) is 10.2 Å². The Hall–Kier alpha value is -3.53. The average molecular weight is 414 g/mol. The zero-order valence-electron chi connectivity index (χ0n) is 15.7. The number of nitrogens with zero attached hydrogens (tertiary/aromatic N) is 2. The highest BCUT2D eigenvalue weighted by atomic mass is 32.2. The molecule has 0 unspecified atom stereocenters. The highest BCUT2D eigenvalue weighted by Gasteiger charge is 2.15. The Morgan fingerprint density at radius 1 is 1.10 bits per heavy atom. The van der Waals surface area contributed by atoms with Crippen LogP contribution < -0.4 is 20.5 Å². The summed E-state index contributed by atoms with van der Waals surface area (Å²) in [5.74, 6) is 0.455. The number of hydrogen-bond acceptors (Lipinski definition) is 8. The quantitative estimate of drug-likeness (QED) is 0.538. The number of thioether (sulfide) groups is 1. The highest BCUT2D eigenvalue weighted by molar-refractivity contribution is 7.99. The molecular formula is C19H18N4O5S. The van der Waals surface area contributed by atoms with E-state index in [1.54, 1.807) is 49.6 Å². The van der Waals surface area contributed by atoms with Gasteiger partial charge in [-0.25, -0.2) is 0 Å². The van der Waals surface area contributed by atoms with Crippen LogP contribution in [-0.4, -0.2) is 42.0 Å². The van der Waals surface area contributed by atoms with Crippen molar-refractivity contribution >= 4 is 29.3 Å². The Morgan fingerprint density at radius 2 is 1.86 bits per heavy atom. The van der Waals surface area contributed by atoms with E-state index in [0.29, 0.717) is 22.7 Å². The van der Waals surface area contributed by atoms with Crippen molar-refractivity contribution < 1.29 is 23.5 Å². The first-order valence-corrected chi connectivity index (χ1v) is 9.37. The number of nitrogens with two attached hydrogens (primary N) is 1. The molecule has 150 valence electrons. The number of amides is 2. The van der Waals surface area contributed by atoms with Crippen molar-refractivity contribution in [3.05, 3.63) is 48.0 Å². The van der Waals surface area contributed by atoms with Crippen LogP contribution in [0.25, 0.3) is 11.5 Å². The van der Waals surface area contributed by atoms with E-state index in [2.05, 4.69) is 15.5 Å². The van der Waals surface area contributed by atoms with Gasteiger partial charge in [0.2, 0.25) is 11.8 Å². The first kappa shape index (κ1) is 20.2. The summed E-state index contributed by atoms with van der Waals surface area (Å²) in [6.07, 6.45) is 0. The summed E-state index contributed by atoms with van der Waals surface area (Å²) in [7, 11) is 3.08. The lowest BCUT2D eigenvalue weighted by Crippen LogP contribution is -2.19. The van der Waals surface area contributed by atoms with Crippen molar-refractivity contribution in [1.29, 1.82) is 0 Å². The van der Waals surface area contributed by atoms with Crippen molar-refractivity contribution in [3.63, 3.8) is 0 Å². The van der Waals surface area contributed by atoms with E-state index in [1.165, 1.54) is 7.11 Å². The summed E-state index contributed by atoms with van der Waals surface area (Å²) in [6, 6.07) is 11.7. The minimum absolute atomic E-state index is 0.0145. The van der Waals surface area contributed by atoms with Gasteiger partial charge in [0.1, 0.15) is 0 Å². The number of primary amides is 1. The molecule has 0 spiro atoms. The predicted molar refractivity (Wildman–Crippen MR) is 107 cm³/mol. The predicted octanol–water partition coefficient (Wildman–Crippen LogP) is 2.58. The summed E-state index contributed by atoms with van der Waals surface area (Å²) in [5.41, 5.74) is 6.55. The molecule has 2 amide bonds. The van der Waals surface area contributed by atoms with Gasteiger partial charge in [-0.2, -0.15) is 0 Å². The second kappa shape index (κ2) is 9.11. The van der Waals surface area contributed by atoms with Crippen LogP contribution in [0.4, 0.5) is 5.69 Å². The molecule has 0 saturated carbocycles. The number of aromatic nitrogens is 2. The summed E-state index contributed by atoms with van der Waals surface area (Å²) >= 11 is 1.07. The monoisotopic (exact) mass is 414 g/mol. The van der Waals surface area contributed by atoms with Crippen molar-refractivity contribution in [2.45, 2.75) is 5.22 Å². The smallest absolute Gasteiger partial charge is 0.277 e. The summed E-state index contributed by atoms with van der Waals surface area (Å²) in [6.45, 7) is 0. The number of ether oxygens (including phenoxy) is 2. The molecule has 0 aliphatic carbocycles. The number of anilines is 1. The van der Waals surface area contributed by atoms with Gasteiger partial charge in [0.05, 0.1) is 31.2 Å². The first-order chi connectivity index (χ1) is 14.0. The molecular weight excluding hydrogens is 396 g/mol. The molecule has 0 saturated heterocycles. The molecule has 0 fully saturated rings. The molecule has 2 aromatic carbocycles. The number of methoxy groups -OCH3 is 2. The largest absolute Gasteiger partial charge is 0.493 e. The van der Waals surface area contributed by atoms with Crippen LogP contribution in [0.1, 0.15) is 10.4 Å². The number of rotatable bonds is 8. The fraction of sp³-hybridized carbons (Fsp3) is 0.158. The van der Waals surface area contributed by atoms with Crippen LogP contribution >= 0.6 is 11.8 Å². The van der Waals surface area contributed by atoms with Gasteiger partial charge in [-0.15, -0.1) is 10.2 Å². The molecule has 0 atom stereocenters. The maximum absolute atomic E-state index is 12.2. The van der Waals surface area contributed by atoms with E-state index in [-0.39, 0.29) is 28.3 Å². The maximum Gasteiger partial charge on any atom is 0.277 e. The Kier molecular flexibility index (Phi) is 6.35. The molecule has 0 aliphatic heterocycles. The third-order valence-corrected chi connectivity index (χ3v) is 4.65. The Balaban J connectivity index is 1.64. The third kappa shape index (κ3) is 4.85. The molecule has 9 nitrogen and oxygen atoms in total. The van der Waals surface area contributed by atoms with Crippen LogP contribution in [0.2, 0.25) is 0 Å². The normalized spacial score (nSPS) is 10.4. The van der Waals surface area contributed by atoms with Crippen molar-refractivity contribution in [2.75, 3.05) is 25.3 Å². The van der Waals surface area contributed by atoms with Crippen LogP contribution in [0.15, 0.2) is 52.1 Å². The van der Waals surface area contributed by atoms with Gasteiger partial charge in [-0.05, 0) is 30.3 Å². The van der Waals surface area contributed by atoms with Gasteiger partial charge in [-0.3, -0.25) is 9.59 Å². The SMILES string of the molecule is COc1ccc(-c2nnc(SCC(=O)Nc3ccccc3C(N)=O)o2)cc1OC.